The van der Waals surface area contributed by atoms with Crippen molar-refractivity contribution in [2.75, 3.05) is 17.1 Å². The molecule has 2 aromatic rings. The molecule has 0 saturated carbocycles. The van der Waals surface area contributed by atoms with Gasteiger partial charge in [-0.3, -0.25) is 9.10 Å². The van der Waals surface area contributed by atoms with Crippen molar-refractivity contribution in [2.24, 2.45) is 0 Å². The molecule has 0 bridgehead atoms. The molecule has 1 N–H and O–H groups in total. The summed E-state index contributed by atoms with van der Waals surface area (Å²) in [6, 6.07) is 13.0. The second-order valence-corrected chi connectivity index (χ2v) is 12.5. The first kappa shape index (κ1) is 25.4. The number of hydrogen-bond donors (Lipinski definition) is 1. The van der Waals surface area contributed by atoms with Crippen LogP contribution < -0.4 is 19.1 Å². The van der Waals surface area contributed by atoms with E-state index in [9.17, 15) is 13.2 Å². The molecule has 0 saturated heterocycles. The van der Waals surface area contributed by atoms with Crippen LogP contribution in [0.1, 0.15) is 71.0 Å². The summed E-state index contributed by atoms with van der Waals surface area (Å²) in [6.45, 7) is 10.3. The lowest BCUT2D eigenvalue weighted by atomic mass is 9.83. The van der Waals surface area contributed by atoms with Crippen molar-refractivity contribution >= 4 is 21.6 Å². The molecule has 7 nitrogen and oxygen atoms in total. The van der Waals surface area contributed by atoms with E-state index in [1.54, 1.807) is 6.07 Å². The third-order valence-electron chi connectivity index (χ3n) is 7.19. The quantitative estimate of drug-likeness (QED) is 0.643. The second-order valence-electron chi connectivity index (χ2n) is 10.6. The SMILES string of the molecule is CCC1(CC)C[C@@H](NC(=O)[C@H]2CN(S(C)(=O)=O)c3cc(C(C)(C)C)ccc3O2)c2ccccc2O1. The summed E-state index contributed by atoms with van der Waals surface area (Å²) >= 11 is 0. The number of hydrogen-bond acceptors (Lipinski definition) is 5. The Morgan fingerprint density at radius 1 is 1.11 bits per heavy atom. The van der Waals surface area contributed by atoms with Crippen molar-refractivity contribution in [1.29, 1.82) is 0 Å². The average Bonchev–Trinajstić information content (AvgIpc) is 2.81. The maximum Gasteiger partial charge on any atom is 0.263 e. The van der Waals surface area contributed by atoms with Crippen LogP contribution in [0.25, 0.3) is 0 Å². The van der Waals surface area contributed by atoms with Crippen molar-refractivity contribution in [3.8, 4) is 11.5 Å². The number of nitrogens with zero attached hydrogens (tertiary/aromatic N) is 1. The highest BCUT2D eigenvalue weighted by Gasteiger charge is 2.41. The highest BCUT2D eigenvalue weighted by atomic mass is 32.2. The van der Waals surface area contributed by atoms with Gasteiger partial charge in [0.25, 0.3) is 5.91 Å². The maximum atomic E-state index is 13.5. The predicted molar refractivity (Wildman–Crippen MR) is 138 cm³/mol. The molecule has 190 valence electrons. The smallest absolute Gasteiger partial charge is 0.263 e. The minimum atomic E-state index is -3.62. The van der Waals surface area contributed by atoms with Crippen LogP contribution in [0.3, 0.4) is 0 Å². The molecule has 0 unspecified atom stereocenters. The topological polar surface area (TPSA) is 84.9 Å². The van der Waals surface area contributed by atoms with Gasteiger partial charge >= 0.3 is 0 Å². The highest BCUT2D eigenvalue weighted by molar-refractivity contribution is 7.92. The molecule has 8 heteroatoms. The third kappa shape index (κ3) is 4.99. The zero-order valence-electron chi connectivity index (χ0n) is 21.4. The zero-order valence-corrected chi connectivity index (χ0v) is 22.2. The van der Waals surface area contributed by atoms with Gasteiger partial charge in [0, 0.05) is 12.0 Å². The lowest BCUT2D eigenvalue weighted by Crippen LogP contribution is -2.52. The van der Waals surface area contributed by atoms with Crippen LogP contribution >= 0.6 is 0 Å². The predicted octanol–water partition coefficient (Wildman–Crippen LogP) is 4.71. The van der Waals surface area contributed by atoms with Crippen LogP contribution in [0.15, 0.2) is 42.5 Å². The molecular weight excluding hydrogens is 464 g/mol. The first-order valence-electron chi connectivity index (χ1n) is 12.2. The van der Waals surface area contributed by atoms with Crippen LogP contribution in [-0.2, 0) is 20.2 Å². The van der Waals surface area contributed by atoms with Crippen molar-refractivity contribution in [2.45, 2.75) is 77.0 Å². The molecule has 2 aromatic carbocycles. The fourth-order valence-corrected chi connectivity index (χ4v) is 5.77. The Hall–Kier alpha value is -2.74. The molecule has 2 heterocycles. The normalized spacial score (nSPS) is 21.3. The minimum Gasteiger partial charge on any atom is -0.487 e. The summed E-state index contributed by atoms with van der Waals surface area (Å²) in [5.74, 6) is 0.820. The molecule has 2 atom stereocenters. The van der Waals surface area contributed by atoms with Crippen LogP contribution in [0.4, 0.5) is 5.69 Å². The molecule has 0 radical (unpaired) electrons. The number of nitrogens with one attached hydrogen (secondary N) is 1. The van der Waals surface area contributed by atoms with Gasteiger partial charge < -0.3 is 14.8 Å². The number of rotatable bonds is 5. The van der Waals surface area contributed by atoms with E-state index in [1.807, 2.05) is 36.4 Å². The fourth-order valence-electron chi connectivity index (χ4n) is 4.86. The summed E-state index contributed by atoms with van der Waals surface area (Å²) in [7, 11) is -3.62. The molecular formula is C27H36N2O5S. The average molecular weight is 501 g/mol. The van der Waals surface area contributed by atoms with Crippen LogP contribution in [-0.4, -0.2) is 38.8 Å². The van der Waals surface area contributed by atoms with Gasteiger partial charge in [0.1, 0.15) is 17.1 Å². The molecule has 1 amide bonds. The van der Waals surface area contributed by atoms with Crippen molar-refractivity contribution < 1.29 is 22.7 Å². The van der Waals surface area contributed by atoms with Gasteiger partial charge in [-0.2, -0.15) is 0 Å². The number of fused-ring (bicyclic) bond motifs is 2. The van der Waals surface area contributed by atoms with Crippen LogP contribution in [0.5, 0.6) is 11.5 Å². The zero-order chi connectivity index (χ0) is 25.6. The van der Waals surface area contributed by atoms with Crippen molar-refractivity contribution in [3.05, 3.63) is 53.6 Å². The van der Waals surface area contributed by atoms with Crippen LogP contribution in [0.2, 0.25) is 0 Å². The summed E-state index contributed by atoms with van der Waals surface area (Å²) < 4.78 is 39.1. The maximum absolute atomic E-state index is 13.5. The fraction of sp³-hybridized carbons (Fsp3) is 0.519. The number of benzene rings is 2. The van der Waals surface area contributed by atoms with Gasteiger partial charge in [-0.05, 0) is 42.0 Å². The van der Waals surface area contributed by atoms with E-state index in [0.29, 0.717) is 17.9 Å². The minimum absolute atomic E-state index is 0.0805. The van der Waals surface area contributed by atoms with Gasteiger partial charge in [-0.15, -0.1) is 0 Å². The Labute approximate surface area is 208 Å². The Morgan fingerprint density at radius 3 is 2.43 bits per heavy atom. The number of sulfonamides is 1. The van der Waals surface area contributed by atoms with E-state index in [-0.39, 0.29) is 29.5 Å². The number of amides is 1. The van der Waals surface area contributed by atoms with Gasteiger partial charge in [-0.25, -0.2) is 8.42 Å². The molecule has 4 rings (SSSR count). The Kier molecular flexibility index (Phi) is 6.55. The van der Waals surface area contributed by atoms with Crippen molar-refractivity contribution in [3.63, 3.8) is 0 Å². The summed E-state index contributed by atoms with van der Waals surface area (Å²) in [4.78, 5) is 13.5. The van der Waals surface area contributed by atoms with Gasteiger partial charge in [-0.1, -0.05) is 58.9 Å². The molecule has 2 aliphatic heterocycles. The largest absolute Gasteiger partial charge is 0.487 e. The molecule has 35 heavy (non-hydrogen) atoms. The number of anilines is 1. The van der Waals surface area contributed by atoms with Crippen LogP contribution in [0, 0.1) is 0 Å². The number of carbonyl (C=O) groups excluding carboxylic acids is 1. The van der Waals surface area contributed by atoms with Gasteiger partial charge in [0.2, 0.25) is 10.0 Å². The molecule has 0 aliphatic carbocycles. The van der Waals surface area contributed by atoms with E-state index in [4.69, 9.17) is 9.47 Å². The summed E-state index contributed by atoms with van der Waals surface area (Å²) in [5, 5.41) is 3.14. The van der Waals surface area contributed by atoms with E-state index >= 15 is 0 Å². The monoisotopic (exact) mass is 500 g/mol. The number of ether oxygens (including phenoxy) is 2. The van der Waals surface area contributed by atoms with Gasteiger partial charge in [0.05, 0.1) is 24.5 Å². The molecule has 0 aromatic heterocycles. The standard InChI is InChI=1S/C27H36N2O5S/c1-7-27(8-2)16-20(19-11-9-10-12-22(19)34-27)28-25(30)24-17-29(35(6,31)32)21-15-18(26(3,4)5)13-14-23(21)33-24/h9-15,20,24H,7-8,16-17H2,1-6H3,(H,28,30)/t20-,24-/m1/s1. The molecule has 2 aliphatic rings. The molecule has 0 fully saturated rings. The number of carbonyl (C=O) groups is 1. The highest BCUT2D eigenvalue weighted by Crippen LogP contribution is 2.43. The Bertz CT molecular complexity index is 1210. The second kappa shape index (κ2) is 9.04. The lowest BCUT2D eigenvalue weighted by Gasteiger charge is -2.42. The molecule has 0 spiro atoms. The van der Waals surface area contributed by atoms with E-state index in [2.05, 4.69) is 39.9 Å². The van der Waals surface area contributed by atoms with E-state index < -0.39 is 16.1 Å². The number of para-hydroxylation sites is 1. The van der Waals surface area contributed by atoms with E-state index in [1.165, 1.54) is 4.31 Å². The Balaban J connectivity index is 1.63. The third-order valence-corrected chi connectivity index (χ3v) is 8.34. The first-order valence-corrected chi connectivity index (χ1v) is 14.1. The summed E-state index contributed by atoms with van der Waals surface area (Å²) in [5.41, 5.74) is 1.86. The summed E-state index contributed by atoms with van der Waals surface area (Å²) in [6.07, 6.45) is 2.46. The lowest BCUT2D eigenvalue weighted by molar-refractivity contribution is -0.129. The van der Waals surface area contributed by atoms with Crippen molar-refractivity contribution in [1.82, 2.24) is 5.32 Å². The Morgan fingerprint density at radius 2 is 1.80 bits per heavy atom. The van der Waals surface area contributed by atoms with E-state index in [0.717, 1.165) is 36.0 Å². The first-order chi connectivity index (χ1) is 16.4. The van der Waals surface area contributed by atoms with Gasteiger partial charge in [0.15, 0.2) is 6.10 Å².